The first-order valence-electron chi connectivity index (χ1n) is 10.8. The first-order chi connectivity index (χ1) is 14.8. The summed E-state index contributed by atoms with van der Waals surface area (Å²) < 4.78 is 0. The molecule has 4 aromatic rings. The van der Waals surface area contributed by atoms with Crippen molar-refractivity contribution in [2.24, 2.45) is 0 Å². The number of halogens is 2. The van der Waals surface area contributed by atoms with E-state index in [1.807, 2.05) is 0 Å². The van der Waals surface area contributed by atoms with Crippen molar-refractivity contribution in [1.29, 1.82) is 0 Å². The van der Waals surface area contributed by atoms with Gasteiger partial charge in [0.05, 0.1) is 35.7 Å². The van der Waals surface area contributed by atoms with Gasteiger partial charge in [0.2, 0.25) is 0 Å². The fourth-order valence-corrected chi connectivity index (χ4v) is 16.6. The van der Waals surface area contributed by atoms with E-state index in [0.717, 1.165) is 0 Å². The van der Waals surface area contributed by atoms with Crippen LogP contribution in [0.15, 0.2) is 121 Å². The molecule has 0 spiro atoms. The highest BCUT2D eigenvalue weighted by atomic mass is 79.9. The second-order valence-electron chi connectivity index (χ2n) is 8.17. The van der Waals surface area contributed by atoms with Gasteiger partial charge in [0.15, 0.2) is 0 Å². The summed E-state index contributed by atoms with van der Waals surface area (Å²) in [4.78, 5) is 0. The lowest BCUT2D eigenvalue weighted by Gasteiger charge is -2.37. The highest BCUT2D eigenvalue weighted by Gasteiger charge is 2.56. The van der Waals surface area contributed by atoms with Crippen molar-refractivity contribution < 1.29 is 34.0 Å². The topological polar surface area (TPSA) is 0 Å². The molecule has 0 aliphatic carbocycles. The molecule has 0 amide bonds. The van der Waals surface area contributed by atoms with Gasteiger partial charge >= 0.3 is 0 Å². The largest absolute Gasteiger partial charge is 1.00 e. The first kappa shape index (κ1) is 25.3. The molecule has 1 aliphatic rings. The van der Waals surface area contributed by atoms with Gasteiger partial charge < -0.3 is 34.0 Å². The molecule has 0 nitrogen and oxygen atoms in total. The Morgan fingerprint density at radius 3 is 0.688 bits per heavy atom. The van der Waals surface area contributed by atoms with Gasteiger partial charge in [-0.2, -0.15) is 0 Å². The molecular formula is C28H28Br2P2. The zero-order valence-electron chi connectivity index (χ0n) is 18.0. The Bertz CT molecular complexity index is 905. The van der Waals surface area contributed by atoms with E-state index < -0.39 is 14.5 Å². The Morgan fingerprint density at radius 1 is 0.312 bits per heavy atom. The van der Waals surface area contributed by atoms with Crippen molar-refractivity contribution in [2.75, 3.05) is 24.6 Å². The van der Waals surface area contributed by atoms with E-state index in [1.165, 1.54) is 24.6 Å². The Balaban J connectivity index is 0.00000144. The van der Waals surface area contributed by atoms with Crippen LogP contribution in [0.2, 0.25) is 0 Å². The summed E-state index contributed by atoms with van der Waals surface area (Å²) in [6, 6.07) is 45.5. The van der Waals surface area contributed by atoms with Crippen molar-refractivity contribution in [1.82, 2.24) is 0 Å². The van der Waals surface area contributed by atoms with E-state index in [4.69, 9.17) is 0 Å². The Labute approximate surface area is 214 Å². The van der Waals surface area contributed by atoms with Gasteiger partial charge in [0.1, 0.15) is 24.6 Å². The smallest absolute Gasteiger partial charge is 0.103 e. The Morgan fingerprint density at radius 2 is 0.500 bits per heavy atom. The van der Waals surface area contributed by atoms with Crippen LogP contribution in [0.1, 0.15) is 0 Å². The van der Waals surface area contributed by atoms with Crippen molar-refractivity contribution in [3.63, 3.8) is 0 Å². The van der Waals surface area contributed by atoms with Crippen molar-refractivity contribution >= 4 is 35.7 Å². The molecule has 1 heterocycles. The lowest BCUT2D eigenvalue weighted by Crippen LogP contribution is -3.00. The van der Waals surface area contributed by atoms with Gasteiger partial charge in [-0.3, -0.25) is 0 Å². The fraction of sp³-hybridized carbons (Fsp3) is 0.143. The quantitative estimate of drug-likeness (QED) is 0.279. The van der Waals surface area contributed by atoms with Crippen LogP contribution in [0.5, 0.6) is 0 Å². The van der Waals surface area contributed by atoms with Crippen LogP contribution < -0.4 is 55.2 Å². The molecule has 0 radical (unpaired) electrons. The van der Waals surface area contributed by atoms with Gasteiger partial charge in [-0.15, -0.1) is 0 Å². The molecule has 1 aliphatic heterocycles. The molecule has 32 heavy (non-hydrogen) atoms. The van der Waals surface area contributed by atoms with Crippen LogP contribution in [0.3, 0.4) is 0 Å². The minimum atomic E-state index is -1.39. The van der Waals surface area contributed by atoms with E-state index in [1.54, 1.807) is 21.2 Å². The zero-order valence-corrected chi connectivity index (χ0v) is 23.0. The average molecular weight is 586 g/mol. The predicted octanol–water partition coefficient (Wildman–Crippen LogP) is -0.655. The van der Waals surface area contributed by atoms with Gasteiger partial charge in [0.25, 0.3) is 0 Å². The molecule has 4 heteroatoms. The summed E-state index contributed by atoms with van der Waals surface area (Å²) in [5.74, 6) is 0. The third kappa shape index (κ3) is 4.67. The summed E-state index contributed by atoms with van der Waals surface area (Å²) >= 11 is 0. The lowest BCUT2D eigenvalue weighted by atomic mass is 10.4. The van der Waals surface area contributed by atoms with Crippen LogP contribution in [0.25, 0.3) is 0 Å². The van der Waals surface area contributed by atoms with Crippen LogP contribution in [-0.2, 0) is 0 Å². The molecule has 164 valence electrons. The summed E-state index contributed by atoms with van der Waals surface area (Å²) in [5, 5.41) is 6.32. The molecule has 0 N–H and O–H groups in total. The third-order valence-corrected chi connectivity index (χ3v) is 16.5. The molecule has 1 saturated heterocycles. The van der Waals surface area contributed by atoms with E-state index in [9.17, 15) is 0 Å². The molecule has 0 bridgehead atoms. The lowest BCUT2D eigenvalue weighted by molar-refractivity contribution is -0.001000. The minimum absolute atomic E-state index is 0. The molecule has 5 rings (SSSR count). The maximum Gasteiger partial charge on any atom is 0.103 e. The van der Waals surface area contributed by atoms with Crippen LogP contribution in [0, 0.1) is 0 Å². The molecule has 1 fully saturated rings. The second-order valence-corrected chi connectivity index (χ2v) is 15.9. The van der Waals surface area contributed by atoms with Crippen molar-refractivity contribution in [2.45, 2.75) is 0 Å². The van der Waals surface area contributed by atoms with Gasteiger partial charge in [-0.25, -0.2) is 0 Å². The average Bonchev–Trinajstić information content (AvgIpc) is 2.86. The summed E-state index contributed by atoms with van der Waals surface area (Å²) in [7, 11) is -2.78. The fourth-order valence-electron chi connectivity index (χ4n) is 5.09. The van der Waals surface area contributed by atoms with Crippen LogP contribution in [0.4, 0.5) is 0 Å². The zero-order chi connectivity index (χ0) is 20.3. The third-order valence-electron chi connectivity index (χ3n) is 6.73. The van der Waals surface area contributed by atoms with Crippen molar-refractivity contribution in [3.05, 3.63) is 121 Å². The molecule has 0 atom stereocenters. The Kier molecular flexibility index (Phi) is 8.88. The normalized spacial score (nSPS) is 16.2. The summed E-state index contributed by atoms with van der Waals surface area (Å²) in [5.41, 5.74) is 0. The van der Waals surface area contributed by atoms with Gasteiger partial charge in [-0.1, -0.05) is 72.8 Å². The van der Waals surface area contributed by atoms with E-state index in [0.29, 0.717) is 0 Å². The second kappa shape index (κ2) is 11.2. The van der Waals surface area contributed by atoms with Crippen LogP contribution in [-0.4, -0.2) is 24.6 Å². The van der Waals surface area contributed by atoms with Gasteiger partial charge in [-0.05, 0) is 48.5 Å². The predicted molar refractivity (Wildman–Crippen MR) is 138 cm³/mol. The van der Waals surface area contributed by atoms with E-state index in [2.05, 4.69) is 121 Å². The minimum Gasteiger partial charge on any atom is -1.00 e. The highest BCUT2D eigenvalue weighted by molar-refractivity contribution is 7.96. The van der Waals surface area contributed by atoms with Crippen LogP contribution >= 0.6 is 14.5 Å². The van der Waals surface area contributed by atoms with E-state index in [-0.39, 0.29) is 34.0 Å². The summed E-state index contributed by atoms with van der Waals surface area (Å²) in [6.45, 7) is 0. The van der Waals surface area contributed by atoms with Gasteiger partial charge in [0, 0.05) is 0 Å². The Hall–Kier alpha value is -1.30. The van der Waals surface area contributed by atoms with Crippen molar-refractivity contribution in [3.8, 4) is 0 Å². The number of rotatable bonds is 4. The first-order valence-corrected chi connectivity index (χ1v) is 15.1. The molecule has 4 aromatic carbocycles. The number of benzene rings is 4. The number of hydrogen-bond acceptors (Lipinski definition) is 0. The molecular weight excluding hydrogens is 558 g/mol. The molecule has 0 saturated carbocycles. The summed E-state index contributed by atoms with van der Waals surface area (Å²) in [6.07, 6.45) is 5.22. The monoisotopic (exact) mass is 584 g/mol. The maximum atomic E-state index is 2.39. The SMILES string of the molecule is [Br-].[Br-].c1ccc([P+]2(c3ccccc3)CC[P+](c3ccccc3)(c3ccccc3)CC2)cc1. The maximum absolute atomic E-state index is 2.39. The van der Waals surface area contributed by atoms with E-state index >= 15 is 0 Å². The number of hydrogen-bond donors (Lipinski definition) is 0. The highest BCUT2D eigenvalue weighted by Crippen LogP contribution is 2.69. The molecule has 0 unspecified atom stereocenters. The molecule has 0 aromatic heterocycles. The standard InChI is InChI=1S/C28H28P2.2BrH/c1-5-13-25(14-6-1)29(26-15-7-2-8-16-26)21-23-30(24-22-29,27-17-9-3-10-18-27)28-19-11-4-12-20-28;;/h1-20H,21-24H2;2*1H/q+2;;/p-2.